The summed E-state index contributed by atoms with van der Waals surface area (Å²) in [5.74, 6) is 0.486. The minimum Gasteiger partial charge on any atom is -0.0542 e. The number of halogens is 4. The third kappa shape index (κ3) is 4.13. The summed E-state index contributed by atoms with van der Waals surface area (Å²) in [7, 11) is 0. The van der Waals surface area contributed by atoms with Gasteiger partial charge in [0.25, 0.3) is 0 Å². The normalized spacial score (nSPS) is 13.1. The predicted octanol–water partition coefficient (Wildman–Crippen LogP) is 10.1. The van der Waals surface area contributed by atoms with E-state index in [1.807, 2.05) is 0 Å². The molecule has 0 aliphatic heterocycles. The Morgan fingerprint density at radius 3 is 1.29 bits per heavy atom. The minimum absolute atomic E-state index is 0.486. The topological polar surface area (TPSA) is 0 Å². The molecular weight excluding hydrogens is 644 g/mol. The first kappa shape index (κ1) is 21.6. The Labute approximate surface area is 216 Å². The highest BCUT2D eigenvalue weighted by atomic mass is 79.9. The fourth-order valence-electron chi connectivity index (χ4n) is 4.59. The van der Waals surface area contributed by atoms with Gasteiger partial charge in [-0.15, -0.1) is 0 Å². The van der Waals surface area contributed by atoms with Gasteiger partial charge in [0.1, 0.15) is 0 Å². The molecule has 4 aromatic carbocycles. The summed E-state index contributed by atoms with van der Waals surface area (Å²) in [4.78, 5) is 0. The summed E-state index contributed by atoms with van der Waals surface area (Å²) in [5.41, 5.74) is 11.2. The molecule has 154 valence electrons. The molecule has 0 nitrogen and oxygen atoms in total. The monoisotopic (exact) mass is 658 g/mol. The summed E-state index contributed by atoms with van der Waals surface area (Å²) in [6.07, 6.45) is 1.05. The van der Waals surface area contributed by atoms with Crippen LogP contribution >= 0.6 is 63.7 Å². The van der Waals surface area contributed by atoms with E-state index >= 15 is 0 Å². The van der Waals surface area contributed by atoms with Gasteiger partial charge in [0, 0.05) is 23.8 Å². The van der Waals surface area contributed by atoms with Gasteiger partial charge >= 0.3 is 0 Å². The van der Waals surface area contributed by atoms with Gasteiger partial charge in [0.05, 0.1) is 0 Å². The molecule has 6 rings (SSSR count). The van der Waals surface area contributed by atoms with Crippen LogP contribution in [0.2, 0.25) is 0 Å². The maximum absolute atomic E-state index is 3.54. The molecule has 0 radical (unpaired) electrons. The number of hydrogen-bond donors (Lipinski definition) is 0. The Morgan fingerprint density at radius 2 is 0.871 bits per heavy atom. The molecule has 0 bridgehead atoms. The zero-order chi connectivity index (χ0) is 21.7. The predicted molar refractivity (Wildman–Crippen MR) is 145 cm³/mol. The van der Waals surface area contributed by atoms with Crippen LogP contribution in [0, 0.1) is 0 Å². The third-order valence-corrected chi connectivity index (χ3v) is 8.03. The molecule has 2 aliphatic carbocycles. The SMILES string of the molecule is Brc1ccc2c(c1)Cc1cc(Br)ccc1-2.CC1c2cc(Br)ccc2-c2ccc(Br)cc21. The molecule has 4 aromatic rings. The highest BCUT2D eigenvalue weighted by Gasteiger charge is 2.25. The molecule has 0 fully saturated rings. The fourth-order valence-corrected chi connectivity index (χ4v) is 6.16. The molecule has 0 unspecified atom stereocenters. The Balaban J connectivity index is 0.000000132. The summed E-state index contributed by atoms with van der Waals surface area (Å²) in [6, 6.07) is 26.1. The van der Waals surface area contributed by atoms with Crippen molar-refractivity contribution in [1.82, 2.24) is 0 Å². The third-order valence-electron chi connectivity index (χ3n) is 6.06. The van der Waals surface area contributed by atoms with Crippen molar-refractivity contribution in [3.05, 3.63) is 113 Å². The van der Waals surface area contributed by atoms with Gasteiger partial charge in [-0.2, -0.15) is 0 Å². The van der Waals surface area contributed by atoms with Crippen LogP contribution < -0.4 is 0 Å². The van der Waals surface area contributed by atoms with E-state index in [1.165, 1.54) is 44.5 Å². The van der Waals surface area contributed by atoms with Crippen LogP contribution in [0.25, 0.3) is 22.3 Å². The Morgan fingerprint density at radius 1 is 0.516 bits per heavy atom. The summed E-state index contributed by atoms with van der Waals surface area (Å²) >= 11 is 14.1. The molecule has 0 aromatic heterocycles. The van der Waals surface area contributed by atoms with Crippen LogP contribution in [0.1, 0.15) is 35.1 Å². The van der Waals surface area contributed by atoms with Crippen LogP contribution in [0.5, 0.6) is 0 Å². The van der Waals surface area contributed by atoms with E-state index in [4.69, 9.17) is 0 Å². The van der Waals surface area contributed by atoms with Crippen molar-refractivity contribution in [3.8, 4) is 22.3 Å². The van der Waals surface area contributed by atoms with Crippen molar-refractivity contribution in [2.75, 3.05) is 0 Å². The number of fused-ring (bicyclic) bond motifs is 6. The quantitative estimate of drug-likeness (QED) is 0.155. The Bertz CT molecular complexity index is 1220. The van der Waals surface area contributed by atoms with Crippen LogP contribution in [0.3, 0.4) is 0 Å². The fraction of sp³-hybridized carbons (Fsp3) is 0.111. The van der Waals surface area contributed by atoms with Crippen molar-refractivity contribution >= 4 is 63.7 Å². The van der Waals surface area contributed by atoms with Gasteiger partial charge in [-0.1, -0.05) is 94.9 Å². The van der Waals surface area contributed by atoms with Gasteiger partial charge < -0.3 is 0 Å². The van der Waals surface area contributed by atoms with E-state index in [2.05, 4.69) is 143 Å². The maximum Gasteiger partial charge on any atom is 0.0178 e. The van der Waals surface area contributed by atoms with Gasteiger partial charge in [0.2, 0.25) is 0 Å². The van der Waals surface area contributed by atoms with Crippen LogP contribution in [0.15, 0.2) is 90.7 Å². The molecular formula is C27H18Br4. The standard InChI is InChI=1S/C14H10Br2.C13H8Br2/c1-8-13-6-9(15)2-4-11(13)12-5-3-10(16)7-14(8)12;14-10-1-3-12-8(6-10)5-9-7-11(15)2-4-13(9)12/h2-8H,1H3;1-4,6-7H,5H2. The maximum atomic E-state index is 3.54. The molecule has 0 saturated carbocycles. The molecule has 0 atom stereocenters. The highest BCUT2D eigenvalue weighted by molar-refractivity contribution is 9.11. The lowest BCUT2D eigenvalue weighted by Gasteiger charge is -2.06. The number of rotatable bonds is 0. The molecule has 2 aliphatic rings. The summed E-state index contributed by atoms with van der Waals surface area (Å²) in [6.45, 7) is 2.27. The largest absolute Gasteiger partial charge is 0.0542 e. The molecule has 0 spiro atoms. The van der Waals surface area contributed by atoms with Crippen molar-refractivity contribution in [2.24, 2.45) is 0 Å². The van der Waals surface area contributed by atoms with E-state index in [9.17, 15) is 0 Å². The second kappa shape index (κ2) is 8.62. The first-order valence-corrected chi connectivity index (χ1v) is 13.2. The second-order valence-corrected chi connectivity index (χ2v) is 11.6. The van der Waals surface area contributed by atoms with Gasteiger partial charge in [0.15, 0.2) is 0 Å². The molecule has 0 N–H and O–H groups in total. The highest BCUT2D eigenvalue weighted by Crippen LogP contribution is 2.46. The summed E-state index contributed by atoms with van der Waals surface area (Å²) < 4.78 is 4.64. The number of benzene rings is 4. The Hall–Kier alpha value is -1.20. The number of hydrogen-bond acceptors (Lipinski definition) is 0. The Kier molecular flexibility index (Phi) is 6.02. The van der Waals surface area contributed by atoms with Crippen LogP contribution in [0.4, 0.5) is 0 Å². The zero-order valence-electron chi connectivity index (χ0n) is 16.7. The molecule has 0 heterocycles. The van der Waals surface area contributed by atoms with Crippen molar-refractivity contribution in [1.29, 1.82) is 0 Å². The van der Waals surface area contributed by atoms with Crippen molar-refractivity contribution in [2.45, 2.75) is 19.3 Å². The minimum atomic E-state index is 0.486. The van der Waals surface area contributed by atoms with Crippen LogP contribution in [-0.2, 0) is 6.42 Å². The lowest BCUT2D eigenvalue weighted by atomic mass is 10.00. The molecule has 0 amide bonds. The van der Waals surface area contributed by atoms with E-state index in [-0.39, 0.29) is 0 Å². The lowest BCUT2D eigenvalue weighted by Crippen LogP contribution is -1.89. The first-order valence-electron chi connectivity index (χ1n) is 10.1. The van der Waals surface area contributed by atoms with Gasteiger partial charge in [-0.05, 0) is 99.5 Å². The van der Waals surface area contributed by atoms with E-state index < -0.39 is 0 Å². The van der Waals surface area contributed by atoms with E-state index in [0.717, 1.165) is 24.3 Å². The summed E-state index contributed by atoms with van der Waals surface area (Å²) in [5, 5.41) is 0. The van der Waals surface area contributed by atoms with Crippen molar-refractivity contribution in [3.63, 3.8) is 0 Å². The lowest BCUT2D eigenvalue weighted by molar-refractivity contribution is 0.954. The van der Waals surface area contributed by atoms with Crippen LogP contribution in [-0.4, -0.2) is 0 Å². The smallest absolute Gasteiger partial charge is 0.0178 e. The first-order chi connectivity index (χ1) is 14.9. The van der Waals surface area contributed by atoms with E-state index in [0.29, 0.717) is 5.92 Å². The average Bonchev–Trinajstić information content (AvgIpc) is 3.22. The average molecular weight is 662 g/mol. The van der Waals surface area contributed by atoms with E-state index in [1.54, 1.807) is 0 Å². The zero-order valence-corrected chi connectivity index (χ0v) is 23.1. The second-order valence-electron chi connectivity index (χ2n) is 7.96. The molecule has 0 saturated heterocycles. The molecule has 31 heavy (non-hydrogen) atoms. The van der Waals surface area contributed by atoms with Gasteiger partial charge in [-0.3, -0.25) is 0 Å². The molecule has 4 heteroatoms. The van der Waals surface area contributed by atoms with Gasteiger partial charge in [-0.25, -0.2) is 0 Å². The van der Waals surface area contributed by atoms with Crippen molar-refractivity contribution < 1.29 is 0 Å².